The van der Waals surface area contributed by atoms with Crippen molar-refractivity contribution in [1.29, 1.82) is 0 Å². The number of halogens is 1. The molecule has 0 aromatic heterocycles. The molecule has 148 valence electrons. The Bertz CT molecular complexity index is 818. The molecule has 0 unspecified atom stereocenters. The van der Waals surface area contributed by atoms with E-state index in [1.165, 1.54) is 7.11 Å². The van der Waals surface area contributed by atoms with Gasteiger partial charge in [-0.25, -0.2) is 0 Å². The average Bonchev–Trinajstić information content (AvgIpc) is 3.14. The molecule has 1 fully saturated rings. The number of carbonyl (C=O) groups excluding carboxylic acids is 2. The minimum absolute atomic E-state index is 0.0741. The molecule has 2 aromatic rings. The van der Waals surface area contributed by atoms with E-state index in [0.29, 0.717) is 17.3 Å². The van der Waals surface area contributed by atoms with Gasteiger partial charge in [0.25, 0.3) is 0 Å². The van der Waals surface area contributed by atoms with Crippen LogP contribution in [0, 0.1) is 0 Å². The lowest BCUT2D eigenvalue weighted by Gasteiger charge is -2.29. The third-order valence-electron chi connectivity index (χ3n) is 4.59. The minimum atomic E-state index is -0.551. The number of nitrogens with zero attached hydrogens (tertiary/aromatic N) is 1. The van der Waals surface area contributed by atoms with E-state index >= 15 is 0 Å². The van der Waals surface area contributed by atoms with Gasteiger partial charge in [0.1, 0.15) is 18.0 Å². The van der Waals surface area contributed by atoms with Gasteiger partial charge in [0.15, 0.2) is 0 Å². The monoisotopic (exact) mass is 418 g/mol. The van der Waals surface area contributed by atoms with Crippen LogP contribution in [0.5, 0.6) is 0 Å². The second kappa shape index (κ2) is 9.96. The average molecular weight is 419 g/mol. The molecule has 1 aliphatic rings. The Kier molecular flexibility index (Phi) is 7.36. The summed E-state index contributed by atoms with van der Waals surface area (Å²) in [6.07, 6.45) is 0.742. The molecule has 0 bridgehead atoms. The molecule has 0 aliphatic carbocycles. The zero-order valence-electron chi connectivity index (χ0n) is 15.6. The van der Waals surface area contributed by atoms with Crippen LogP contribution in [0.4, 0.5) is 0 Å². The summed E-state index contributed by atoms with van der Waals surface area (Å²) < 4.78 is 5.03. The van der Waals surface area contributed by atoms with Crippen LogP contribution >= 0.6 is 23.4 Å². The number of carbonyl (C=O) groups is 2. The maximum absolute atomic E-state index is 12.8. The Morgan fingerprint density at radius 3 is 2.61 bits per heavy atom. The summed E-state index contributed by atoms with van der Waals surface area (Å²) in [6.45, 7) is 0.447. The lowest BCUT2D eigenvalue weighted by molar-refractivity contribution is -0.142. The highest BCUT2D eigenvalue weighted by Crippen LogP contribution is 2.43. The van der Waals surface area contributed by atoms with Gasteiger partial charge < -0.3 is 15.0 Å². The number of thioether (sulfide) groups is 1. The van der Waals surface area contributed by atoms with Crippen molar-refractivity contribution < 1.29 is 14.3 Å². The summed E-state index contributed by atoms with van der Waals surface area (Å²) in [7, 11) is 1.47. The van der Waals surface area contributed by atoms with Crippen LogP contribution < -0.4 is 5.32 Å². The van der Waals surface area contributed by atoms with E-state index in [1.54, 1.807) is 22.7 Å². The summed E-state index contributed by atoms with van der Waals surface area (Å²) >= 11 is 7.89. The van der Waals surface area contributed by atoms with Crippen molar-refractivity contribution in [1.82, 2.24) is 10.2 Å². The van der Waals surface area contributed by atoms with Gasteiger partial charge in [-0.1, -0.05) is 60.1 Å². The SMILES string of the molecule is COCC(=O)N1[C@@H](c2ccccc2Cl)SC[C@H]1C(=O)NCCc1ccccc1. The standard InChI is InChI=1S/C21H23ClN2O3S/c1-27-13-19(25)24-18(14-28-21(24)16-9-5-6-10-17(16)22)20(26)23-12-11-15-7-3-2-4-8-15/h2-10,18,21H,11-14H2,1H3,(H,23,26)/t18-,21+/m0/s1. The number of benzene rings is 2. The van der Waals surface area contributed by atoms with Crippen molar-refractivity contribution in [2.75, 3.05) is 26.0 Å². The van der Waals surface area contributed by atoms with Crippen molar-refractivity contribution in [3.05, 3.63) is 70.7 Å². The predicted molar refractivity (Wildman–Crippen MR) is 112 cm³/mol. The zero-order valence-corrected chi connectivity index (χ0v) is 17.2. The van der Waals surface area contributed by atoms with E-state index in [0.717, 1.165) is 17.5 Å². The highest BCUT2D eigenvalue weighted by molar-refractivity contribution is 7.99. The van der Waals surface area contributed by atoms with Crippen LogP contribution in [0.25, 0.3) is 0 Å². The molecule has 3 rings (SSSR count). The number of hydrogen-bond acceptors (Lipinski definition) is 4. The second-order valence-corrected chi connectivity index (χ2v) is 8.00. The second-order valence-electron chi connectivity index (χ2n) is 6.48. The van der Waals surface area contributed by atoms with Gasteiger partial charge >= 0.3 is 0 Å². The number of ether oxygens (including phenoxy) is 1. The number of nitrogens with one attached hydrogen (secondary N) is 1. The summed E-state index contributed by atoms with van der Waals surface area (Å²) in [4.78, 5) is 27.1. The number of hydrogen-bond donors (Lipinski definition) is 1. The van der Waals surface area contributed by atoms with E-state index in [-0.39, 0.29) is 23.8 Å². The molecule has 0 spiro atoms. The maximum atomic E-state index is 12.8. The fourth-order valence-corrected chi connectivity index (χ4v) is 5.01. The highest BCUT2D eigenvalue weighted by atomic mass is 35.5. The smallest absolute Gasteiger partial charge is 0.250 e. The van der Waals surface area contributed by atoms with Crippen LogP contribution in [0.1, 0.15) is 16.5 Å². The first-order valence-corrected chi connectivity index (χ1v) is 10.5. The molecule has 1 heterocycles. The Morgan fingerprint density at radius 1 is 1.18 bits per heavy atom. The molecule has 1 saturated heterocycles. The Labute approximate surface area is 174 Å². The topological polar surface area (TPSA) is 58.6 Å². The highest BCUT2D eigenvalue weighted by Gasteiger charge is 2.42. The summed E-state index contributed by atoms with van der Waals surface area (Å²) in [6, 6.07) is 16.8. The fraction of sp³-hybridized carbons (Fsp3) is 0.333. The van der Waals surface area contributed by atoms with Crippen LogP contribution in [0.2, 0.25) is 5.02 Å². The lowest BCUT2D eigenvalue weighted by Crippen LogP contribution is -2.49. The van der Waals surface area contributed by atoms with Crippen molar-refractivity contribution in [3.63, 3.8) is 0 Å². The lowest BCUT2D eigenvalue weighted by atomic mass is 10.1. The van der Waals surface area contributed by atoms with Crippen LogP contribution in [0.3, 0.4) is 0 Å². The molecule has 2 amide bonds. The number of methoxy groups -OCH3 is 1. The molecule has 2 atom stereocenters. The van der Waals surface area contributed by atoms with Gasteiger partial charge in [0.05, 0.1) is 0 Å². The number of rotatable bonds is 7. The van der Waals surface area contributed by atoms with Crippen molar-refractivity contribution in [2.24, 2.45) is 0 Å². The molecular formula is C21H23ClN2O3S. The predicted octanol–water partition coefficient (Wildman–Crippen LogP) is 3.29. The van der Waals surface area contributed by atoms with E-state index in [1.807, 2.05) is 48.5 Å². The third kappa shape index (κ3) is 4.87. The zero-order chi connectivity index (χ0) is 19.9. The van der Waals surface area contributed by atoms with Gasteiger partial charge in [-0.15, -0.1) is 11.8 Å². The fourth-order valence-electron chi connectivity index (χ4n) is 3.22. The molecule has 1 N–H and O–H groups in total. The molecular weight excluding hydrogens is 396 g/mol. The number of amides is 2. The largest absolute Gasteiger partial charge is 0.375 e. The summed E-state index contributed by atoms with van der Waals surface area (Å²) in [5.74, 6) is 0.144. The van der Waals surface area contributed by atoms with Crippen molar-refractivity contribution in [3.8, 4) is 0 Å². The van der Waals surface area contributed by atoms with Gasteiger partial charge in [-0.3, -0.25) is 9.59 Å². The molecule has 7 heteroatoms. The van der Waals surface area contributed by atoms with Gasteiger partial charge in [0, 0.05) is 30.0 Å². The van der Waals surface area contributed by atoms with E-state index < -0.39 is 6.04 Å². The van der Waals surface area contributed by atoms with Crippen LogP contribution in [-0.4, -0.2) is 48.8 Å². The maximum Gasteiger partial charge on any atom is 0.250 e. The van der Waals surface area contributed by atoms with Crippen LogP contribution in [0.15, 0.2) is 54.6 Å². The van der Waals surface area contributed by atoms with Crippen molar-refractivity contribution >= 4 is 35.2 Å². The Balaban J connectivity index is 1.70. The van der Waals surface area contributed by atoms with Crippen LogP contribution in [-0.2, 0) is 20.7 Å². The summed E-state index contributed by atoms with van der Waals surface area (Å²) in [5.41, 5.74) is 1.99. The first-order chi connectivity index (χ1) is 13.6. The molecule has 28 heavy (non-hydrogen) atoms. The van der Waals surface area contributed by atoms with E-state index in [4.69, 9.17) is 16.3 Å². The molecule has 5 nitrogen and oxygen atoms in total. The van der Waals surface area contributed by atoms with Gasteiger partial charge in [-0.05, 0) is 18.1 Å². The summed E-state index contributed by atoms with van der Waals surface area (Å²) in [5, 5.41) is 3.25. The molecule has 0 radical (unpaired) electrons. The molecule has 2 aromatic carbocycles. The van der Waals surface area contributed by atoms with E-state index in [9.17, 15) is 9.59 Å². The van der Waals surface area contributed by atoms with Gasteiger partial charge in [-0.2, -0.15) is 0 Å². The minimum Gasteiger partial charge on any atom is -0.375 e. The first-order valence-electron chi connectivity index (χ1n) is 9.09. The third-order valence-corrected chi connectivity index (χ3v) is 6.24. The normalized spacial score (nSPS) is 18.9. The Hall–Kier alpha value is -2.02. The van der Waals surface area contributed by atoms with Gasteiger partial charge in [0.2, 0.25) is 11.8 Å². The first kappa shape index (κ1) is 20.7. The van der Waals surface area contributed by atoms with E-state index in [2.05, 4.69) is 5.32 Å². The molecule has 1 aliphatic heterocycles. The van der Waals surface area contributed by atoms with Crippen molar-refractivity contribution in [2.45, 2.75) is 17.8 Å². The Morgan fingerprint density at radius 2 is 1.89 bits per heavy atom. The molecule has 0 saturated carbocycles. The quantitative estimate of drug-likeness (QED) is 0.749.